The summed E-state index contributed by atoms with van der Waals surface area (Å²) in [6.07, 6.45) is 1.22. The van der Waals surface area contributed by atoms with Crippen LogP contribution in [0.4, 0.5) is 11.9 Å². The van der Waals surface area contributed by atoms with E-state index in [2.05, 4.69) is 20.3 Å². The molecule has 7 nitrogen and oxygen atoms in total. The summed E-state index contributed by atoms with van der Waals surface area (Å²) in [4.78, 5) is 13.8. The highest BCUT2D eigenvalue weighted by molar-refractivity contribution is 8.01. The Balaban J connectivity index is 2.40. The molecule has 1 aromatic heterocycles. The molecule has 0 saturated carbocycles. The van der Waals surface area contributed by atoms with E-state index in [-0.39, 0.29) is 5.28 Å². The van der Waals surface area contributed by atoms with Crippen molar-refractivity contribution in [2.45, 2.75) is 5.37 Å². The number of anilines is 2. The van der Waals surface area contributed by atoms with Crippen molar-refractivity contribution in [1.29, 1.82) is 0 Å². The van der Waals surface area contributed by atoms with Gasteiger partial charge in [-0.05, 0) is 11.6 Å². The summed E-state index contributed by atoms with van der Waals surface area (Å²) in [6, 6.07) is 0. The fourth-order valence-electron chi connectivity index (χ4n) is 1.74. The number of halogens is 1. The van der Waals surface area contributed by atoms with Gasteiger partial charge in [-0.25, -0.2) is 8.42 Å². The lowest BCUT2D eigenvalue weighted by Gasteiger charge is -2.33. The van der Waals surface area contributed by atoms with Crippen LogP contribution in [-0.4, -0.2) is 60.1 Å². The van der Waals surface area contributed by atoms with Crippen molar-refractivity contribution in [1.82, 2.24) is 15.0 Å². The molecule has 1 fully saturated rings. The van der Waals surface area contributed by atoms with Crippen LogP contribution in [0.2, 0.25) is 5.28 Å². The molecule has 1 unspecified atom stereocenters. The molecular weight excluding hydrogens is 310 g/mol. The summed E-state index contributed by atoms with van der Waals surface area (Å²) in [5.41, 5.74) is 0. The average Bonchev–Trinajstić information content (AvgIpc) is 2.37. The Hall–Kier alpha value is -0.800. The first kappa shape index (κ1) is 14.6. The molecule has 0 radical (unpaired) electrons. The van der Waals surface area contributed by atoms with Gasteiger partial charge in [0.2, 0.25) is 17.2 Å². The summed E-state index contributed by atoms with van der Waals surface area (Å²) in [7, 11) is -1.55. The Kier molecular flexibility index (Phi) is 4.36. The molecule has 0 aliphatic carbocycles. The smallest absolute Gasteiger partial charge is 0.232 e. The lowest BCUT2D eigenvalue weighted by Crippen LogP contribution is -2.47. The largest absolute Gasteiger partial charge is 0.357 e. The Labute approximate surface area is 121 Å². The van der Waals surface area contributed by atoms with Crippen LogP contribution in [0.25, 0.3) is 0 Å². The monoisotopic (exact) mass is 323 g/mol. The molecule has 1 saturated heterocycles. The molecule has 0 amide bonds. The Morgan fingerprint density at radius 3 is 2.79 bits per heavy atom. The van der Waals surface area contributed by atoms with Gasteiger partial charge >= 0.3 is 0 Å². The van der Waals surface area contributed by atoms with E-state index >= 15 is 0 Å². The Morgan fingerprint density at radius 2 is 2.16 bits per heavy atom. The van der Waals surface area contributed by atoms with Crippen LogP contribution < -0.4 is 10.2 Å². The van der Waals surface area contributed by atoms with Crippen LogP contribution in [0.1, 0.15) is 0 Å². The van der Waals surface area contributed by atoms with Crippen LogP contribution in [0.15, 0.2) is 0 Å². The third kappa shape index (κ3) is 3.40. The van der Waals surface area contributed by atoms with E-state index in [9.17, 15) is 8.42 Å². The average molecular weight is 324 g/mol. The summed E-state index contributed by atoms with van der Waals surface area (Å²) in [6.45, 7) is 0.561. The first-order chi connectivity index (χ1) is 8.91. The number of thioether (sulfide) groups is 1. The number of hydrogen-bond acceptors (Lipinski definition) is 8. The fourth-order valence-corrected chi connectivity index (χ4v) is 4.71. The van der Waals surface area contributed by atoms with Crippen molar-refractivity contribution in [3.05, 3.63) is 5.28 Å². The number of aromatic nitrogens is 3. The maximum absolute atomic E-state index is 11.8. The minimum Gasteiger partial charge on any atom is -0.357 e. The quantitative estimate of drug-likeness (QED) is 0.860. The highest BCUT2D eigenvalue weighted by atomic mass is 35.5. The summed E-state index contributed by atoms with van der Waals surface area (Å²) in [5, 5.41) is 2.18. The van der Waals surface area contributed by atoms with Gasteiger partial charge in [-0.1, -0.05) is 0 Å². The molecule has 1 aliphatic rings. The van der Waals surface area contributed by atoms with Gasteiger partial charge in [0.15, 0.2) is 9.84 Å². The second-order valence-corrected chi connectivity index (χ2v) is 7.72. The molecule has 19 heavy (non-hydrogen) atoms. The first-order valence-electron chi connectivity index (χ1n) is 5.54. The normalized spacial score (nSPS) is 20.4. The lowest BCUT2D eigenvalue weighted by atomic mass is 10.5. The molecule has 1 atom stereocenters. The molecule has 106 valence electrons. The SMILES string of the molecule is CNc1nc(Cl)nc(N2CCSCC2S(C)(=O)=O)n1. The lowest BCUT2D eigenvalue weighted by molar-refractivity contribution is 0.582. The second-order valence-electron chi connectivity index (χ2n) is 4.03. The highest BCUT2D eigenvalue weighted by Crippen LogP contribution is 2.25. The van der Waals surface area contributed by atoms with Crippen molar-refractivity contribution in [2.24, 2.45) is 0 Å². The van der Waals surface area contributed by atoms with Crippen molar-refractivity contribution in [2.75, 3.05) is 41.6 Å². The van der Waals surface area contributed by atoms with Crippen LogP contribution >= 0.6 is 23.4 Å². The predicted octanol–water partition coefficient (Wildman–Crippen LogP) is 0.491. The van der Waals surface area contributed by atoms with Crippen LogP contribution in [0, 0.1) is 0 Å². The van der Waals surface area contributed by atoms with E-state index < -0.39 is 15.2 Å². The van der Waals surface area contributed by atoms with Gasteiger partial charge in [-0.3, -0.25) is 0 Å². The molecule has 10 heteroatoms. The zero-order valence-corrected chi connectivity index (χ0v) is 12.9. The van der Waals surface area contributed by atoms with Crippen molar-refractivity contribution in [3.8, 4) is 0 Å². The molecule has 1 aromatic rings. The minimum absolute atomic E-state index is 0.0415. The van der Waals surface area contributed by atoms with Gasteiger partial charge < -0.3 is 10.2 Å². The maximum Gasteiger partial charge on any atom is 0.232 e. The van der Waals surface area contributed by atoms with Crippen LogP contribution in [0.5, 0.6) is 0 Å². The van der Waals surface area contributed by atoms with E-state index in [1.807, 2.05) is 0 Å². The molecule has 1 N–H and O–H groups in total. The number of sulfone groups is 1. The van der Waals surface area contributed by atoms with Crippen molar-refractivity contribution >= 4 is 45.1 Å². The van der Waals surface area contributed by atoms with Crippen LogP contribution in [0.3, 0.4) is 0 Å². The molecule has 2 heterocycles. The molecule has 0 aromatic carbocycles. The maximum atomic E-state index is 11.8. The number of nitrogens with one attached hydrogen (secondary N) is 1. The fraction of sp³-hybridized carbons (Fsp3) is 0.667. The summed E-state index contributed by atoms with van der Waals surface area (Å²) < 4.78 is 23.7. The van der Waals surface area contributed by atoms with Gasteiger partial charge in [0.1, 0.15) is 5.37 Å². The van der Waals surface area contributed by atoms with Gasteiger partial charge in [0.05, 0.1) is 0 Å². The Morgan fingerprint density at radius 1 is 1.42 bits per heavy atom. The van der Waals surface area contributed by atoms with E-state index in [1.165, 1.54) is 6.26 Å². The first-order valence-corrected chi connectivity index (χ1v) is 9.03. The van der Waals surface area contributed by atoms with Crippen molar-refractivity contribution in [3.63, 3.8) is 0 Å². The van der Waals surface area contributed by atoms with E-state index in [0.29, 0.717) is 24.2 Å². The predicted molar refractivity (Wildman–Crippen MR) is 77.7 cm³/mol. The van der Waals surface area contributed by atoms with E-state index in [4.69, 9.17) is 11.6 Å². The zero-order valence-electron chi connectivity index (χ0n) is 10.5. The number of rotatable bonds is 3. The molecular formula is C9H14ClN5O2S2. The highest BCUT2D eigenvalue weighted by Gasteiger charge is 2.33. The van der Waals surface area contributed by atoms with E-state index in [0.717, 1.165) is 5.75 Å². The molecule has 2 rings (SSSR count). The minimum atomic E-state index is -3.21. The zero-order chi connectivity index (χ0) is 14.0. The molecule has 0 bridgehead atoms. The molecule has 1 aliphatic heterocycles. The number of nitrogens with zero attached hydrogens (tertiary/aromatic N) is 4. The summed E-state index contributed by atoms with van der Waals surface area (Å²) in [5.74, 6) is 1.93. The third-order valence-corrected chi connectivity index (χ3v) is 5.47. The second kappa shape index (κ2) is 5.68. The number of hydrogen-bond donors (Lipinski definition) is 1. The van der Waals surface area contributed by atoms with Gasteiger partial charge in [-0.2, -0.15) is 26.7 Å². The van der Waals surface area contributed by atoms with Crippen molar-refractivity contribution < 1.29 is 8.42 Å². The standard InChI is InChI=1S/C9H14ClN5O2S2/c1-11-8-12-7(10)13-9(14-8)15-3-4-18-5-6(15)19(2,16)17/h6H,3-5H2,1-2H3,(H,11,12,13,14). The van der Waals surface area contributed by atoms with Crippen LogP contribution in [-0.2, 0) is 9.84 Å². The van der Waals surface area contributed by atoms with E-state index in [1.54, 1.807) is 23.7 Å². The van der Waals surface area contributed by atoms with Gasteiger partial charge in [0.25, 0.3) is 0 Å². The Bertz CT molecular complexity index is 568. The topological polar surface area (TPSA) is 88.1 Å². The van der Waals surface area contributed by atoms with Gasteiger partial charge in [0, 0.05) is 31.4 Å². The molecule has 0 spiro atoms. The van der Waals surface area contributed by atoms with Gasteiger partial charge in [-0.15, -0.1) is 0 Å². The summed E-state index contributed by atoms with van der Waals surface area (Å²) >= 11 is 7.43. The third-order valence-electron chi connectivity index (χ3n) is 2.66.